The van der Waals surface area contributed by atoms with E-state index in [9.17, 15) is 18.8 Å². The Morgan fingerprint density at radius 2 is 1.94 bits per heavy atom. The highest BCUT2D eigenvalue weighted by Gasteiger charge is 2.42. The van der Waals surface area contributed by atoms with Gasteiger partial charge in [-0.05, 0) is 50.6 Å². The topological polar surface area (TPSA) is 81.8 Å². The zero-order valence-electron chi connectivity index (χ0n) is 17.4. The van der Waals surface area contributed by atoms with Gasteiger partial charge in [0.25, 0.3) is 5.91 Å². The quantitative estimate of drug-likeness (QED) is 0.389. The van der Waals surface area contributed by atoms with Crippen LogP contribution in [0.4, 0.5) is 8.78 Å². The van der Waals surface area contributed by atoms with Crippen LogP contribution in [-0.2, 0) is 16.1 Å². The number of nitrogens with one attached hydrogen (secondary N) is 2. The number of carbonyl (C=O) groups is 3. The van der Waals surface area contributed by atoms with Gasteiger partial charge in [0.2, 0.25) is 11.8 Å². The van der Waals surface area contributed by atoms with Gasteiger partial charge in [-0.3, -0.25) is 24.4 Å². The number of rotatable bonds is 6. The highest BCUT2D eigenvalue weighted by molar-refractivity contribution is 7.96. The summed E-state index contributed by atoms with van der Waals surface area (Å²) < 4.78 is 33.6. The van der Waals surface area contributed by atoms with Crippen LogP contribution in [0.15, 0.2) is 6.07 Å². The Balaban J connectivity index is 1.50. The Morgan fingerprint density at radius 1 is 1.19 bits per heavy atom. The molecular weight excluding hydrogens is 426 g/mol. The Labute approximate surface area is 184 Å². The lowest BCUT2D eigenvalue weighted by molar-refractivity contribution is -0.136. The van der Waals surface area contributed by atoms with Crippen LogP contribution < -0.4 is 10.0 Å². The lowest BCUT2D eigenvalue weighted by Gasteiger charge is -2.32. The van der Waals surface area contributed by atoms with Gasteiger partial charge in [-0.25, -0.2) is 8.78 Å². The molecule has 3 aliphatic heterocycles. The van der Waals surface area contributed by atoms with E-state index in [1.54, 1.807) is 11.9 Å². The molecule has 2 saturated heterocycles. The smallest absolute Gasteiger partial charge is 0.255 e. The maximum absolute atomic E-state index is 15.4. The number of hydrogen-bond acceptors (Lipinski definition) is 6. The molecule has 1 atom stereocenters. The molecule has 1 aromatic carbocycles. The van der Waals surface area contributed by atoms with Crippen molar-refractivity contribution in [2.45, 2.75) is 44.2 Å². The fourth-order valence-electron chi connectivity index (χ4n) is 4.78. The first-order valence-corrected chi connectivity index (χ1v) is 11.8. The first kappa shape index (κ1) is 22.2. The molecule has 0 spiro atoms. The van der Waals surface area contributed by atoms with Crippen LogP contribution in [-0.4, -0.2) is 66.0 Å². The number of imide groups is 1. The summed E-state index contributed by atoms with van der Waals surface area (Å²) in [4.78, 5) is 39.9. The van der Waals surface area contributed by atoms with Gasteiger partial charge in [-0.15, -0.1) is 0 Å². The zero-order chi connectivity index (χ0) is 22.1. The zero-order valence-corrected chi connectivity index (χ0v) is 18.2. The molecule has 3 aliphatic rings. The molecule has 31 heavy (non-hydrogen) atoms. The summed E-state index contributed by atoms with van der Waals surface area (Å²) in [6, 6.07) is 0.276. The summed E-state index contributed by atoms with van der Waals surface area (Å²) in [5.74, 6) is -3.13. The average molecular weight is 453 g/mol. The molecule has 0 bridgehead atoms. The van der Waals surface area contributed by atoms with Gasteiger partial charge in [0.1, 0.15) is 17.7 Å². The van der Waals surface area contributed by atoms with Crippen molar-refractivity contribution in [3.63, 3.8) is 0 Å². The number of amides is 3. The number of carbonyl (C=O) groups excluding carboxylic acids is 3. The predicted octanol–water partition coefficient (Wildman–Crippen LogP) is 1.77. The molecule has 168 valence electrons. The Hall–Kier alpha value is -2.04. The average Bonchev–Trinajstić information content (AvgIpc) is 3.06. The minimum absolute atomic E-state index is 0.0241. The van der Waals surface area contributed by atoms with Crippen LogP contribution >= 0.6 is 11.9 Å². The highest BCUT2D eigenvalue weighted by Crippen LogP contribution is 2.38. The molecule has 1 aromatic rings. The summed E-state index contributed by atoms with van der Waals surface area (Å²) in [6.45, 7) is 3.18. The number of hydrogen-bond donors (Lipinski definition) is 2. The molecule has 0 aromatic heterocycles. The van der Waals surface area contributed by atoms with Crippen LogP contribution in [0.5, 0.6) is 0 Å². The van der Waals surface area contributed by atoms with Gasteiger partial charge >= 0.3 is 0 Å². The van der Waals surface area contributed by atoms with E-state index in [0.29, 0.717) is 12.8 Å². The molecule has 0 radical (unpaired) electrons. The van der Waals surface area contributed by atoms with Crippen LogP contribution in [0, 0.1) is 11.6 Å². The summed E-state index contributed by atoms with van der Waals surface area (Å²) in [5.41, 5.74) is 0.181. The minimum atomic E-state index is -0.846. The fourth-order valence-corrected chi connectivity index (χ4v) is 5.07. The van der Waals surface area contributed by atoms with E-state index in [1.807, 2.05) is 6.26 Å². The van der Waals surface area contributed by atoms with E-state index in [0.717, 1.165) is 32.2 Å². The molecule has 0 aliphatic carbocycles. The van der Waals surface area contributed by atoms with Crippen molar-refractivity contribution < 1.29 is 23.2 Å². The second-order valence-electron chi connectivity index (χ2n) is 8.23. The minimum Gasteiger partial charge on any atom is -0.322 e. The molecule has 2 N–H and O–H groups in total. The van der Waals surface area contributed by atoms with Gasteiger partial charge in [0, 0.05) is 30.6 Å². The Morgan fingerprint density at radius 3 is 2.61 bits per heavy atom. The Bertz CT molecular complexity index is 905. The lowest BCUT2D eigenvalue weighted by atomic mass is 9.86. The molecule has 2 fully saturated rings. The van der Waals surface area contributed by atoms with E-state index in [1.165, 1.54) is 4.90 Å². The summed E-state index contributed by atoms with van der Waals surface area (Å²) in [5, 5.41) is 2.21. The van der Waals surface area contributed by atoms with E-state index in [2.05, 4.69) is 14.9 Å². The van der Waals surface area contributed by atoms with Crippen molar-refractivity contribution in [2.24, 2.45) is 0 Å². The maximum atomic E-state index is 15.4. The number of nitrogens with zero attached hydrogens (tertiary/aromatic N) is 2. The lowest BCUT2D eigenvalue weighted by Crippen LogP contribution is -2.52. The number of likely N-dealkylation sites (tertiary alicyclic amines) is 1. The first-order valence-electron chi connectivity index (χ1n) is 10.5. The van der Waals surface area contributed by atoms with Gasteiger partial charge in [0.05, 0.1) is 12.1 Å². The number of fused-ring (bicyclic) bond motifs is 1. The third-order valence-corrected chi connectivity index (χ3v) is 6.92. The normalized spacial score (nSPS) is 22.7. The SMILES string of the molecule is CSNCCN1CCC(c2c(F)cc3c(c2F)CN(C2CCC(=O)NC2=O)C3=O)CC1. The van der Waals surface area contributed by atoms with Gasteiger partial charge < -0.3 is 9.80 Å². The summed E-state index contributed by atoms with van der Waals surface area (Å²) in [6.07, 6.45) is 3.57. The monoisotopic (exact) mass is 452 g/mol. The van der Waals surface area contributed by atoms with E-state index >= 15 is 4.39 Å². The predicted molar refractivity (Wildman–Crippen MR) is 112 cm³/mol. The molecule has 1 unspecified atom stereocenters. The number of halogens is 2. The largest absolute Gasteiger partial charge is 0.322 e. The summed E-state index contributed by atoms with van der Waals surface area (Å²) >= 11 is 1.56. The number of benzene rings is 1. The molecule has 4 rings (SSSR count). The van der Waals surface area contributed by atoms with Crippen molar-refractivity contribution in [3.05, 3.63) is 34.4 Å². The van der Waals surface area contributed by atoms with Crippen molar-refractivity contribution in [3.8, 4) is 0 Å². The third-order valence-electron chi connectivity index (χ3n) is 6.43. The molecule has 10 heteroatoms. The highest BCUT2D eigenvalue weighted by atomic mass is 32.2. The van der Waals surface area contributed by atoms with Crippen LogP contribution in [0.3, 0.4) is 0 Å². The third kappa shape index (κ3) is 4.33. The van der Waals surface area contributed by atoms with Crippen molar-refractivity contribution in [1.82, 2.24) is 19.8 Å². The van der Waals surface area contributed by atoms with Crippen LogP contribution in [0.2, 0.25) is 0 Å². The second-order valence-corrected chi connectivity index (χ2v) is 8.92. The molecule has 0 saturated carbocycles. The Kier molecular flexibility index (Phi) is 6.59. The molecule has 3 heterocycles. The van der Waals surface area contributed by atoms with E-state index in [4.69, 9.17) is 0 Å². The standard InChI is InChI=1S/C21H26F2N4O3S/c1-31-24-6-9-26-7-4-12(5-8-26)18-15(22)10-13-14(19(18)23)11-27(21(13)30)16-2-3-17(28)25-20(16)29/h10,12,16,24H,2-9,11H2,1H3,(H,25,28,29). The second kappa shape index (κ2) is 9.22. The van der Waals surface area contributed by atoms with E-state index in [-0.39, 0.29) is 47.9 Å². The van der Waals surface area contributed by atoms with Crippen molar-refractivity contribution in [2.75, 3.05) is 32.4 Å². The van der Waals surface area contributed by atoms with Crippen molar-refractivity contribution >= 4 is 29.7 Å². The molecular formula is C21H26F2N4O3S. The van der Waals surface area contributed by atoms with Gasteiger partial charge in [-0.1, -0.05) is 11.9 Å². The van der Waals surface area contributed by atoms with Crippen LogP contribution in [0.25, 0.3) is 0 Å². The summed E-state index contributed by atoms with van der Waals surface area (Å²) in [7, 11) is 0. The number of piperidine rings is 2. The maximum Gasteiger partial charge on any atom is 0.255 e. The van der Waals surface area contributed by atoms with Crippen molar-refractivity contribution in [1.29, 1.82) is 0 Å². The first-order chi connectivity index (χ1) is 14.9. The molecule has 7 nitrogen and oxygen atoms in total. The fraction of sp³-hybridized carbons (Fsp3) is 0.571. The van der Waals surface area contributed by atoms with Gasteiger partial charge in [0.15, 0.2) is 0 Å². The van der Waals surface area contributed by atoms with E-state index < -0.39 is 29.5 Å². The molecule has 3 amide bonds. The van der Waals surface area contributed by atoms with Gasteiger partial charge in [-0.2, -0.15) is 0 Å². The van der Waals surface area contributed by atoms with Crippen LogP contribution in [0.1, 0.15) is 53.1 Å².